The van der Waals surface area contributed by atoms with Crippen molar-refractivity contribution in [3.8, 4) is 0 Å². The summed E-state index contributed by atoms with van der Waals surface area (Å²) in [7, 11) is 0. The molecule has 4 rings (SSSR count). The van der Waals surface area contributed by atoms with Gasteiger partial charge in [0.2, 0.25) is 0 Å². The van der Waals surface area contributed by atoms with Crippen LogP contribution in [0.5, 0.6) is 0 Å². The molecule has 1 atom stereocenters. The highest BCUT2D eigenvalue weighted by molar-refractivity contribution is 7.80. The number of alkyl halides is 3. The lowest BCUT2D eigenvalue weighted by molar-refractivity contribution is -0.137. The first-order valence-corrected chi connectivity index (χ1v) is 9.14. The van der Waals surface area contributed by atoms with Crippen LogP contribution in [0.2, 0.25) is 0 Å². The Kier molecular flexibility index (Phi) is 4.80. The Morgan fingerprint density at radius 3 is 2.71 bits per heavy atom. The number of halogens is 3. The van der Waals surface area contributed by atoms with E-state index in [1.165, 1.54) is 6.07 Å². The number of nitrogens with zero attached hydrogens (tertiary/aromatic N) is 3. The third-order valence-corrected chi connectivity index (χ3v) is 5.08. The molecular formula is C20H17F3N4S. The lowest BCUT2D eigenvalue weighted by atomic mass is 10.0. The molecule has 3 heterocycles. The third-order valence-electron chi connectivity index (χ3n) is 4.74. The number of hydrogen-bond acceptors (Lipinski definition) is 2. The largest absolute Gasteiger partial charge is 0.416 e. The molecule has 3 aromatic rings. The second-order valence-electron chi connectivity index (χ2n) is 6.52. The summed E-state index contributed by atoms with van der Waals surface area (Å²) in [5, 5.41) is 3.35. The minimum atomic E-state index is -4.40. The van der Waals surface area contributed by atoms with Crippen molar-refractivity contribution >= 4 is 23.0 Å². The van der Waals surface area contributed by atoms with Crippen LogP contribution in [0.15, 0.2) is 67.1 Å². The first kappa shape index (κ1) is 18.5. The summed E-state index contributed by atoms with van der Waals surface area (Å²) in [6.45, 7) is 1.37. The second-order valence-corrected chi connectivity index (χ2v) is 6.90. The van der Waals surface area contributed by atoms with Crippen LogP contribution in [-0.2, 0) is 12.7 Å². The molecule has 1 aliphatic rings. The lowest BCUT2D eigenvalue weighted by Gasteiger charge is -2.39. The quantitative estimate of drug-likeness (QED) is 0.630. The number of rotatable bonds is 2. The normalized spacial score (nSPS) is 16.5. The summed E-state index contributed by atoms with van der Waals surface area (Å²) in [4.78, 5) is 6.20. The van der Waals surface area contributed by atoms with Crippen LogP contribution >= 0.6 is 12.2 Å². The van der Waals surface area contributed by atoms with Crippen molar-refractivity contribution in [1.82, 2.24) is 14.5 Å². The maximum Gasteiger partial charge on any atom is 0.416 e. The van der Waals surface area contributed by atoms with Crippen molar-refractivity contribution in [3.63, 3.8) is 0 Å². The van der Waals surface area contributed by atoms with Gasteiger partial charge in [-0.05, 0) is 54.2 Å². The minimum absolute atomic E-state index is 0.164. The van der Waals surface area contributed by atoms with Crippen molar-refractivity contribution in [2.45, 2.75) is 18.8 Å². The van der Waals surface area contributed by atoms with E-state index in [-0.39, 0.29) is 6.04 Å². The summed E-state index contributed by atoms with van der Waals surface area (Å²) < 4.78 is 41.1. The van der Waals surface area contributed by atoms with Gasteiger partial charge in [0.15, 0.2) is 5.11 Å². The van der Waals surface area contributed by atoms with Gasteiger partial charge in [0.1, 0.15) is 0 Å². The summed E-state index contributed by atoms with van der Waals surface area (Å²) in [6, 6.07) is 12.7. The van der Waals surface area contributed by atoms with Gasteiger partial charge >= 0.3 is 6.18 Å². The van der Waals surface area contributed by atoms with E-state index in [2.05, 4.69) is 14.9 Å². The zero-order valence-electron chi connectivity index (χ0n) is 14.7. The second kappa shape index (κ2) is 7.27. The van der Waals surface area contributed by atoms with Gasteiger partial charge in [-0.15, -0.1) is 0 Å². The van der Waals surface area contributed by atoms with Crippen molar-refractivity contribution in [2.75, 3.05) is 11.9 Å². The molecule has 0 radical (unpaired) electrons. The van der Waals surface area contributed by atoms with E-state index in [0.717, 1.165) is 29.9 Å². The third kappa shape index (κ3) is 3.60. The predicted molar refractivity (Wildman–Crippen MR) is 105 cm³/mol. The first-order valence-electron chi connectivity index (χ1n) is 8.73. The summed E-state index contributed by atoms with van der Waals surface area (Å²) in [5.41, 5.74) is 1.63. The maximum absolute atomic E-state index is 13.0. The van der Waals surface area contributed by atoms with Crippen molar-refractivity contribution in [3.05, 3.63) is 83.9 Å². The molecule has 8 heteroatoms. The Balaban J connectivity index is 1.63. The number of nitrogens with one attached hydrogen (secondary N) is 1. The molecule has 1 aliphatic heterocycles. The highest BCUT2D eigenvalue weighted by Gasteiger charge is 2.32. The Hall–Kier alpha value is -2.87. The van der Waals surface area contributed by atoms with Crippen LogP contribution in [-0.4, -0.2) is 26.1 Å². The topological polar surface area (TPSA) is 33.1 Å². The van der Waals surface area contributed by atoms with Crippen LogP contribution < -0.4 is 5.32 Å². The van der Waals surface area contributed by atoms with Crippen LogP contribution in [0.3, 0.4) is 0 Å². The molecule has 1 N–H and O–H groups in total. The first-order chi connectivity index (χ1) is 13.4. The molecule has 0 spiro atoms. The number of aromatic nitrogens is 2. The van der Waals surface area contributed by atoms with E-state index in [4.69, 9.17) is 12.2 Å². The van der Waals surface area contributed by atoms with Crippen LogP contribution in [0, 0.1) is 0 Å². The van der Waals surface area contributed by atoms with E-state index in [1.54, 1.807) is 18.5 Å². The van der Waals surface area contributed by atoms with Gasteiger partial charge < -0.3 is 14.8 Å². The van der Waals surface area contributed by atoms with Crippen LogP contribution in [0.25, 0.3) is 0 Å². The van der Waals surface area contributed by atoms with E-state index in [1.807, 2.05) is 35.4 Å². The molecule has 2 aromatic heterocycles. The molecule has 0 saturated carbocycles. The summed E-state index contributed by atoms with van der Waals surface area (Å²) in [6.07, 6.45) is 1.10. The van der Waals surface area contributed by atoms with Crippen molar-refractivity contribution in [1.29, 1.82) is 0 Å². The fourth-order valence-corrected chi connectivity index (χ4v) is 3.77. The highest BCUT2D eigenvalue weighted by atomic mass is 32.1. The number of fused-ring (bicyclic) bond motifs is 1. The minimum Gasteiger partial charge on any atom is -0.348 e. The van der Waals surface area contributed by atoms with Gasteiger partial charge in [0.25, 0.3) is 0 Å². The zero-order valence-corrected chi connectivity index (χ0v) is 15.5. The van der Waals surface area contributed by atoms with E-state index < -0.39 is 11.7 Å². The van der Waals surface area contributed by atoms with Gasteiger partial charge in [0, 0.05) is 43.1 Å². The molecule has 0 bridgehead atoms. The Bertz CT molecular complexity index is 984. The monoisotopic (exact) mass is 402 g/mol. The fourth-order valence-electron chi connectivity index (χ4n) is 3.46. The lowest BCUT2D eigenvalue weighted by Crippen LogP contribution is -2.44. The predicted octanol–water partition coefficient (Wildman–Crippen LogP) is 4.70. The number of pyridine rings is 1. The molecule has 0 aliphatic carbocycles. The molecule has 0 saturated heterocycles. The maximum atomic E-state index is 13.0. The van der Waals surface area contributed by atoms with Crippen LogP contribution in [0.1, 0.15) is 22.9 Å². The molecule has 1 aromatic carbocycles. The van der Waals surface area contributed by atoms with E-state index in [0.29, 0.717) is 17.3 Å². The van der Waals surface area contributed by atoms with E-state index >= 15 is 0 Å². The number of hydrogen-bond donors (Lipinski definition) is 1. The van der Waals surface area contributed by atoms with Crippen molar-refractivity contribution in [2.24, 2.45) is 0 Å². The van der Waals surface area contributed by atoms with E-state index in [9.17, 15) is 13.2 Å². The molecule has 0 amide bonds. The molecule has 1 unspecified atom stereocenters. The Morgan fingerprint density at radius 1 is 1.11 bits per heavy atom. The number of anilines is 1. The average molecular weight is 402 g/mol. The van der Waals surface area contributed by atoms with Crippen LogP contribution in [0.4, 0.5) is 18.9 Å². The Labute approximate surface area is 165 Å². The van der Waals surface area contributed by atoms with Gasteiger partial charge in [-0.2, -0.15) is 13.2 Å². The molecule has 28 heavy (non-hydrogen) atoms. The van der Waals surface area contributed by atoms with Gasteiger partial charge in [-0.1, -0.05) is 12.1 Å². The van der Waals surface area contributed by atoms with Gasteiger partial charge in [0.05, 0.1) is 11.6 Å². The molecule has 4 nitrogen and oxygen atoms in total. The fraction of sp³-hybridized carbons (Fsp3) is 0.200. The molecule has 144 valence electrons. The standard InChI is InChI=1S/C20H17F3N4S/c21-20(22,23)15-5-1-6-16(12-15)25-19(28)27-11-10-26-9-3-7-17(26)18(27)14-4-2-8-24-13-14/h1-9,12-13,18H,10-11H2,(H,25,28). The highest BCUT2D eigenvalue weighted by Crippen LogP contribution is 2.33. The average Bonchev–Trinajstić information content (AvgIpc) is 3.16. The molecular weight excluding hydrogens is 385 g/mol. The smallest absolute Gasteiger partial charge is 0.348 e. The number of benzene rings is 1. The summed E-state index contributed by atoms with van der Waals surface area (Å²) >= 11 is 5.58. The summed E-state index contributed by atoms with van der Waals surface area (Å²) in [5.74, 6) is 0. The van der Waals surface area contributed by atoms with Gasteiger partial charge in [-0.25, -0.2) is 0 Å². The van der Waals surface area contributed by atoms with Crippen molar-refractivity contribution < 1.29 is 13.2 Å². The number of thiocarbonyl (C=S) groups is 1. The molecule has 0 fully saturated rings. The zero-order chi connectivity index (χ0) is 19.7. The van der Waals surface area contributed by atoms with Gasteiger partial charge in [-0.3, -0.25) is 4.98 Å². The SMILES string of the molecule is FC(F)(F)c1cccc(NC(=S)N2CCn3cccc3C2c2cccnc2)c1. The Morgan fingerprint density at radius 2 is 1.96 bits per heavy atom.